The molecule has 1 amide bonds. The summed E-state index contributed by atoms with van der Waals surface area (Å²) >= 11 is 0. The van der Waals surface area contributed by atoms with Crippen molar-refractivity contribution in [2.24, 2.45) is 0 Å². The van der Waals surface area contributed by atoms with Crippen molar-refractivity contribution in [3.8, 4) is 11.5 Å². The molecule has 106 valence electrons. The number of hydrogen-bond donors (Lipinski definition) is 1. The van der Waals surface area contributed by atoms with Crippen LogP contribution in [0.5, 0.6) is 0 Å². The molecule has 0 radical (unpaired) electrons. The molecule has 0 aliphatic heterocycles. The molecule has 0 atom stereocenters. The Hall–Kier alpha value is -2.82. The third-order valence-corrected chi connectivity index (χ3v) is 3.17. The highest BCUT2D eigenvalue weighted by Gasteiger charge is 2.15. The number of amides is 1. The summed E-state index contributed by atoms with van der Waals surface area (Å²) in [6.07, 6.45) is 4.98. The number of rotatable bonds is 5. The standard InChI is InChI=1S/C16H15N3O2/c1-2-7-17-15(20)11-19-13(14-6-4-9-21-14)10-12-5-3-8-18-16(12)19/h2-6,8-10H,1,7,11H2,(H,17,20). The Kier molecular flexibility index (Phi) is 3.55. The molecular weight excluding hydrogens is 266 g/mol. The highest BCUT2D eigenvalue weighted by molar-refractivity contribution is 5.86. The van der Waals surface area contributed by atoms with Gasteiger partial charge in [0.25, 0.3) is 0 Å². The van der Waals surface area contributed by atoms with Crippen LogP contribution in [0.25, 0.3) is 22.5 Å². The second kappa shape index (κ2) is 5.66. The lowest BCUT2D eigenvalue weighted by atomic mass is 10.3. The number of carbonyl (C=O) groups excluding carboxylic acids is 1. The quantitative estimate of drug-likeness (QED) is 0.731. The molecule has 3 aromatic heterocycles. The predicted molar refractivity (Wildman–Crippen MR) is 80.6 cm³/mol. The van der Waals surface area contributed by atoms with Crippen LogP contribution in [0.15, 0.2) is 59.9 Å². The fourth-order valence-corrected chi connectivity index (χ4v) is 2.26. The van der Waals surface area contributed by atoms with Gasteiger partial charge in [-0.2, -0.15) is 0 Å². The van der Waals surface area contributed by atoms with E-state index in [9.17, 15) is 4.79 Å². The van der Waals surface area contributed by atoms with Gasteiger partial charge in [-0.1, -0.05) is 6.08 Å². The molecule has 0 aromatic carbocycles. The number of fused-ring (bicyclic) bond motifs is 1. The fraction of sp³-hybridized carbons (Fsp3) is 0.125. The number of carbonyl (C=O) groups is 1. The van der Waals surface area contributed by atoms with Gasteiger partial charge >= 0.3 is 0 Å². The van der Waals surface area contributed by atoms with E-state index in [2.05, 4.69) is 16.9 Å². The van der Waals surface area contributed by atoms with Gasteiger partial charge < -0.3 is 14.3 Å². The molecule has 3 aromatic rings. The zero-order valence-electron chi connectivity index (χ0n) is 11.5. The highest BCUT2D eigenvalue weighted by Crippen LogP contribution is 2.27. The Balaban J connectivity index is 2.04. The molecule has 1 N–H and O–H groups in total. The van der Waals surface area contributed by atoms with Crippen LogP contribution in [-0.2, 0) is 11.3 Å². The minimum absolute atomic E-state index is 0.0918. The first-order chi connectivity index (χ1) is 10.3. The Morgan fingerprint density at radius 1 is 1.43 bits per heavy atom. The van der Waals surface area contributed by atoms with E-state index in [-0.39, 0.29) is 12.5 Å². The zero-order valence-corrected chi connectivity index (χ0v) is 11.5. The fourth-order valence-electron chi connectivity index (χ4n) is 2.26. The third-order valence-electron chi connectivity index (χ3n) is 3.17. The molecule has 0 aliphatic rings. The molecule has 3 rings (SSSR count). The molecule has 5 heteroatoms. The van der Waals surface area contributed by atoms with Crippen molar-refractivity contribution in [2.45, 2.75) is 6.54 Å². The summed E-state index contributed by atoms with van der Waals surface area (Å²) in [5.41, 5.74) is 1.60. The Bertz CT molecular complexity index is 772. The van der Waals surface area contributed by atoms with Gasteiger partial charge in [-0.15, -0.1) is 6.58 Å². The van der Waals surface area contributed by atoms with Gasteiger partial charge in [-0.25, -0.2) is 4.98 Å². The average Bonchev–Trinajstić information content (AvgIpc) is 3.13. The summed E-state index contributed by atoms with van der Waals surface area (Å²) in [5, 5.41) is 3.74. The van der Waals surface area contributed by atoms with E-state index in [1.807, 2.05) is 34.9 Å². The van der Waals surface area contributed by atoms with Crippen molar-refractivity contribution >= 4 is 16.9 Å². The van der Waals surface area contributed by atoms with Crippen molar-refractivity contribution < 1.29 is 9.21 Å². The lowest BCUT2D eigenvalue weighted by molar-refractivity contribution is -0.121. The van der Waals surface area contributed by atoms with Crippen LogP contribution in [0.1, 0.15) is 0 Å². The lowest BCUT2D eigenvalue weighted by Gasteiger charge is -2.08. The number of furan rings is 1. The van der Waals surface area contributed by atoms with Gasteiger partial charge in [0.2, 0.25) is 5.91 Å². The molecule has 0 bridgehead atoms. The molecule has 0 unspecified atom stereocenters. The van der Waals surface area contributed by atoms with E-state index >= 15 is 0 Å². The maximum absolute atomic E-state index is 12.0. The molecule has 3 heterocycles. The van der Waals surface area contributed by atoms with Gasteiger partial charge in [-0.05, 0) is 30.3 Å². The van der Waals surface area contributed by atoms with Crippen molar-refractivity contribution in [3.63, 3.8) is 0 Å². The van der Waals surface area contributed by atoms with E-state index in [1.54, 1.807) is 18.5 Å². The summed E-state index contributed by atoms with van der Waals surface area (Å²) in [4.78, 5) is 16.4. The second-order valence-electron chi connectivity index (χ2n) is 4.60. The minimum Gasteiger partial charge on any atom is -0.463 e. The van der Waals surface area contributed by atoms with Crippen LogP contribution in [0.4, 0.5) is 0 Å². The van der Waals surface area contributed by atoms with E-state index in [1.165, 1.54) is 0 Å². The average molecular weight is 281 g/mol. The second-order valence-corrected chi connectivity index (χ2v) is 4.60. The Morgan fingerprint density at radius 3 is 3.10 bits per heavy atom. The number of hydrogen-bond acceptors (Lipinski definition) is 3. The predicted octanol–water partition coefficient (Wildman–Crippen LogP) is 2.60. The first-order valence-electron chi connectivity index (χ1n) is 6.65. The maximum atomic E-state index is 12.0. The number of pyridine rings is 1. The smallest absolute Gasteiger partial charge is 0.240 e. The van der Waals surface area contributed by atoms with Crippen LogP contribution in [0.3, 0.4) is 0 Å². The monoisotopic (exact) mass is 281 g/mol. The number of aromatic nitrogens is 2. The first-order valence-corrected chi connectivity index (χ1v) is 6.65. The van der Waals surface area contributed by atoms with Crippen molar-refractivity contribution in [1.82, 2.24) is 14.9 Å². The van der Waals surface area contributed by atoms with E-state index in [4.69, 9.17) is 4.42 Å². The SMILES string of the molecule is C=CCNC(=O)Cn1c(-c2ccco2)cc2cccnc21. The molecule has 5 nitrogen and oxygen atoms in total. The summed E-state index contributed by atoms with van der Waals surface area (Å²) in [6, 6.07) is 9.50. The molecule has 0 spiro atoms. The first kappa shape index (κ1) is 13.2. The summed E-state index contributed by atoms with van der Waals surface area (Å²) in [5.74, 6) is 0.621. The normalized spacial score (nSPS) is 10.7. The molecular formula is C16H15N3O2. The third kappa shape index (κ3) is 2.58. The number of nitrogens with one attached hydrogen (secondary N) is 1. The topological polar surface area (TPSA) is 60.1 Å². The summed E-state index contributed by atoms with van der Waals surface area (Å²) in [6.45, 7) is 4.22. The van der Waals surface area contributed by atoms with Crippen LogP contribution < -0.4 is 5.32 Å². The van der Waals surface area contributed by atoms with Crippen molar-refractivity contribution in [2.75, 3.05) is 6.54 Å². The van der Waals surface area contributed by atoms with Gasteiger partial charge in [0, 0.05) is 18.1 Å². The molecule has 0 saturated heterocycles. The minimum atomic E-state index is -0.0918. The van der Waals surface area contributed by atoms with Gasteiger partial charge in [0.05, 0.1) is 12.0 Å². The maximum Gasteiger partial charge on any atom is 0.240 e. The molecule has 0 saturated carbocycles. The van der Waals surface area contributed by atoms with Gasteiger partial charge in [-0.3, -0.25) is 4.79 Å². The summed E-state index contributed by atoms with van der Waals surface area (Å²) in [7, 11) is 0. The highest BCUT2D eigenvalue weighted by atomic mass is 16.3. The van der Waals surface area contributed by atoms with Gasteiger partial charge in [0.15, 0.2) is 0 Å². The van der Waals surface area contributed by atoms with E-state index in [0.717, 1.165) is 16.7 Å². The Labute approximate surface area is 121 Å². The van der Waals surface area contributed by atoms with Crippen LogP contribution in [0, 0.1) is 0 Å². The van der Waals surface area contributed by atoms with Crippen LogP contribution in [-0.4, -0.2) is 22.0 Å². The lowest BCUT2D eigenvalue weighted by Crippen LogP contribution is -2.27. The van der Waals surface area contributed by atoms with Gasteiger partial charge in [0.1, 0.15) is 18.0 Å². The largest absolute Gasteiger partial charge is 0.463 e. The van der Waals surface area contributed by atoms with E-state index < -0.39 is 0 Å². The van der Waals surface area contributed by atoms with Crippen molar-refractivity contribution in [1.29, 1.82) is 0 Å². The van der Waals surface area contributed by atoms with Crippen molar-refractivity contribution in [3.05, 3.63) is 55.4 Å². The van der Waals surface area contributed by atoms with Crippen LogP contribution in [0.2, 0.25) is 0 Å². The number of nitrogens with zero attached hydrogens (tertiary/aromatic N) is 2. The zero-order chi connectivity index (χ0) is 14.7. The molecule has 0 fully saturated rings. The van der Waals surface area contributed by atoms with E-state index in [0.29, 0.717) is 12.3 Å². The summed E-state index contributed by atoms with van der Waals surface area (Å²) < 4.78 is 7.31. The molecule has 0 aliphatic carbocycles. The Morgan fingerprint density at radius 2 is 2.33 bits per heavy atom. The van der Waals surface area contributed by atoms with Crippen LogP contribution >= 0.6 is 0 Å². The molecule has 21 heavy (non-hydrogen) atoms.